The van der Waals surface area contributed by atoms with Gasteiger partial charge in [-0.05, 0) is 49.8 Å². The highest BCUT2D eigenvalue weighted by Gasteiger charge is 2.20. The van der Waals surface area contributed by atoms with Gasteiger partial charge in [0.15, 0.2) is 0 Å². The lowest BCUT2D eigenvalue weighted by Gasteiger charge is -2.31. The lowest BCUT2D eigenvalue weighted by atomic mass is 9.90. The van der Waals surface area contributed by atoms with Gasteiger partial charge in [-0.3, -0.25) is 4.79 Å². The first kappa shape index (κ1) is 13.9. The summed E-state index contributed by atoms with van der Waals surface area (Å²) >= 11 is 0. The molecule has 1 N–H and O–H groups in total. The van der Waals surface area contributed by atoms with Crippen LogP contribution in [0.1, 0.15) is 32.3 Å². The van der Waals surface area contributed by atoms with E-state index in [1.165, 1.54) is 11.3 Å². The highest BCUT2D eigenvalue weighted by atomic mass is 16.2. The number of hydrogen-bond acceptors (Lipinski definition) is 2. The summed E-state index contributed by atoms with van der Waals surface area (Å²) in [7, 11) is 0. The SMILES string of the molecule is CCNc1ccc(CC2CCN(C(C)=O)CC2)cc1. The molecule has 3 heteroatoms. The van der Waals surface area contributed by atoms with Crippen molar-refractivity contribution in [3.8, 4) is 0 Å². The molecule has 1 saturated heterocycles. The number of carbonyl (C=O) groups excluding carboxylic acids is 1. The van der Waals surface area contributed by atoms with Crippen LogP contribution in [0.25, 0.3) is 0 Å². The third kappa shape index (κ3) is 3.98. The van der Waals surface area contributed by atoms with Gasteiger partial charge in [0.2, 0.25) is 5.91 Å². The summed E-state index contributed by atoms with van der Waals surface area (Å²) < 4.78 is 0. The van der Waals surface area contributed by atoms with Gasteiger partial charge < -0.3 is 10.2 Å². The standard InChI is InChI=1S/C16H24N2O/c1-3-17-16-6-4-14(5-7-16)12-15-8-10-18(11-9-15)13(2)19/h4-7,15,17H,3,8-12H2,1-2H3. The van der Waals surface area contributed by atoms with Crippen LogP contribution in [0.15, 0.2) is 24.3 Å². The van der Waals surface area contributed by atoms with Crippen LogP contribution >= 0.6 is 0 Å². The van der Waals surface area contributed by atoms with Gasteiger partial charge in [-0.1, -0.05) is 12.1 Å². The molecule has 0 aromatic heterocycles. The van der Waals surface area contributed by atoms with Crippen LogP contribution in [0.5, 0.6) is 0 Å². The van der Waals surface area contributed by atoms with E-state index in [0.717, 1.165) is 44.8 Å². The molecule has 19 heavy (non-hydrogen) atoms. The van der Waals surface area contributed by atoms with E-state index in [1.54, 1.807) is 6.92 Å². The fourth-order valence-corrected chi connectivity index (χ4v) is 2.75. The van der Waals surface area contributed by atoms with E-state index in [-0.39, 0.29) is 5.91 Å². The van der Waals surface area contributed by atoms with Crippen LogP contribution in [-0.2, 0) is 11.2 Å². The van der Waals surface area contributed by atoms with E-state index in [4.69, 9.17) is 0 Å². The van der Waals surface area contributed by atoms with Gasteiger partial charge >= 0.3 is 0 Å². The van der Waals surface area contributed by atoms with E-state index in [9.17, 15) is 4.79 Å². The first-order valence-electron chi connectivity index (χ1n) is 7.27. The molecule has 1 aromatic carbocycles. The van der Waals surface area contributed by atoms with E-state index in [2.05, 4.69) is 36.5 Å². The molecule has 0 spiro atoms. The van der Waals surface area contributed by atoms with Crippen LogP contribution < -0.4 is 5.32 Å². The maximum absolute atomic E-state index is 11.3. The lowest BCUT2D eigenvalue weighted by Crippen LogP contribution is -2.37. The van der Waals surface area contributed by atoms with Gasteiger partial charge in [0.25, 0.3) is 0 Å². The molecule has 3 nitrogen and oxygen atoms in total. The molecule has 0 aliphatic carbocycles. The second-order valence-electron chi connectivity index (χ2n) is 5.38. The average molecular weight is 260 g/mol. The number of nitrogens with one attached hydrogen (secondary N) is 1. The normalized spacial score (nSPS) is 16.4. The van der Waals surface area contributed by atoms with E-state index in [1.807, 2.05) is 4.90 Å². The van der Waals surface area contributed by atoms with Crippen LogP contribution in [0.4, 0.5) is 5.69 Å². The molecule has 1 aromatic rings. The summed E-state index contributed by atoms with van der Waals surface area (Å²) in [5, 5.41) is 3.31. The maximum atomic E-state index is 11.3. The monoisotopic (exact) mass is 260 g/mol. The maximum Gasteiger partial charge on any atom is 0.219 e. The third-order valence-electron chi connectivity index (χ3n) is 3.92. The molecular formula is C16H24N2O. The lowest BCUT2D eigenvalue weighted by molar-refractivity contribution is -0.130. The van der Waals surface area contributed by atoms with Gasteiger partial charge in [-0.15, -0.1) is 0 Å². The topological polar surface area (TPSA) is 32.3 Å². The van der Waals surface area contributed by atoms with E-state index in [0.29, 0.717) is 0 Å². The summed E-state index contributed by atoms with van der Waals surface area (Å²) in [6, 6.07) is 8.75. The zero-order chi connectivity index (χ0) is 13.7. The largest absolute Gasteiger partial charge is 0.385 e. The van der Waals surface area contributed by atoms with Gasteiger partial charge in [0.05, 0.1) is 0 Å². The molecule has 104 valence electrons. The number of carbonyl (C=O) groups is 1. The van der Waals surface area contributed by atoms with Crippen molar-refractivity contribution in [2.75, 3.05) is 25.0 Å². The second-order valence-corrected chi connectivity index (χ2v) is 5.38. The van der Waals surface area contributed by atoms with Crippen molar-refractivity contribution in [1.29, 1.82) is 0 Å². The van der Waals surface area contributed by atoms with Gasteiger partial charge in [0.1, 0.15) is 0 Å². The number of piperidine rings is 1. The smallest absolute Gasteiger partial charge is 0.219 e. The Balaban J connectivity index is 1.83. The molecule has 1 amide bonds. The first-order valence-corrected chi connectivity index (χ1v) is 7.27. The first-order chi connectivity index (χ1) is 9.19. The number of rotatable bonds is 4. The zero-order valence-electron chi connectivity index (χ0n) is 12.0. The fourth-order valence-electron chi connectivity index (χ4n) is 2.75. The molecule has 1 heterocycles. The minimum absolute atomic E-state index is 0.216. The number of nitrogens with zero attached hydrogens (tertiary/aromatic N) is 1. The van der Waals surface area contributed by atoms with Crippen LogP contribution in [-0.4, -0.2) is 30.4 Å². The van der Waals surface area contributed by atoms with E-state index >= 15 is 0 Å². The van der Waals surface area contributed by atoms with Crippen LogP contribution in [0, 0.1) is 5.92 Å². The Kier molecular flexibility index (Phi) is 4.83. The highest BCUT2D eigenvalue weighted by molar-refractivity contribution is 5.73. The second kappa shape index (κ2) is 6.60. The Morgan fingerprint density at radius 2 is 1.89 bits per heavy atom. The van der Waals surface area contributed by atoms with Gasteiger partial charge in [0, 0.05) is 32.2 Å². The highest BCUT2D eigenvalue weighted by Crippen LogP contribution is 2.22. The van der Waals surface area contributed by atoms with Gasteiger partial charge in [-0.25, -0.2) is 0 Å². The molecular weight excluding hydrogens is 236 g/mol. The molecule has 0 radical (unpaired) electrons. The van der Waals surface area contributed by atoms with Crippen molar-refractivity contribution >= 4 is 11.6 Å². The molecule has 0 atom stereocenters. The van der Waals surface area contributed by atoms with Crippen molar-refractivity contribution in [3.63, 3.8) is 0 Å². The quantitative estimate of drug-likeness (QED) is 0.902. The van der Waals surface area contributed by atoms with Crippen molar-refractivity contribution < 1.29 is 4.79 Å². The summed E-state index contributed by atoms with van der Waals surface area (Å²) in [4.78, 5) is 13.2. The Bertz CT molecular complexity index is 405. The number of likely N-dealkylation sites (tertiary alicyclic amines) is 1. The number of amides is 1. The predicted molar refractivity (Wildman–Crippen MR) is 79.3 cm³/mol. The molecule has 1 aliphatic heterocycles. The summed E-state index contributed by atoms with van der Waals surface area (Å²) in [6.07, 6.45) is 3.40. The van der Waals surface area contributed by atoms with Crippen molar-refractivity contribution in [3.05, 3.63) is 29.8 Å². The van der Waals surface area contributed by atoms with E-state index < -0.39 is 0 Å². The molecule has 1 aliphatic rings. The van der Waals surface area contributed by atoms with Crippen molar-refractivity contribution in [2.45, 2.75) is 33.1 Å². The van der Waals surface area contributed by atoms with Gasteiger partial charge in [-0.2, -0.15) is 0 Å². The van der Waals surface area contributed by atoms with Crippen molar-refractivity contribution in [2.24, 2.45) is 5.92 Å². The fraction of sp³-hybridized carbons (Fsp3) is 0.562. The van der Waals surface area contributed by atoms with Crippen molar-refractivity contribution in [1.82, 2.24) is 4.90 Å². The van der Waals surface area contributed by atoms with Crippen LogP contribution in [0.3, 0.4) is 0 Å². The predicted octanol–water partition coefficient (Wildman–Crippen LogP) is 2.92. The third-order valence-corrected chi connectivity index (χ3v) is 3.92. The Labute approximate surface area is 116 Å². The Hall–Kier alpha value is -1.51. The molecule has 0 unspecified atom stereocenters. The molecule has 0 saturated carbocycles. The summed E-state index contributed by atoms with van der Waals surface area (Å²) in [6.45, 7) is 6.59. The number of benzene rings is 1. The van der Waals surface area contributed by atoms with Crippen LogP contribution in [0.2, 0.25) is 0 Å². The number of hydrogen-bond donors (Lipinski definition) is 1. The number of anilines is 1. The average Bonchev–Trinajstić information content (AvgIpc) is 2.42. The minimum Gasteiger partial charge on any atom is -0.385 e. The Morgan fingerprint density at radius 1 is 1.26 bits per heavy atom. The Morgan fingerprint density at radius 3 is 2.42 bits per heavy atom. The molecule has 1 fully saturated rings. The summed E-state index contributed by atoms with van der Waals surface area (Å²) in [5.74, 6) is 0.939. The minimum atomic E-state index is 0.216. The molecule has 2 rings (SSSR count). The zero-order valence-corrected chi connectivity index (χ0v) is 12.0. The summed E-state index contributed by atoms with van der Waals surface area (Å²) in [5.41, 5.74) is 2.60. The molecule has 0 bridgehead atoms.